The molecule has 16 aromatic carbocycles. The van der Waals surface area contributed by atoms with Crippen LogP contribution in [0.5, 0.6) is 0 Å². The Bertz CT molecular complexity index is 8660. The van der Waals surface area contributed by atoms with E-state index in [1.54, 1.807) is 12.1 Å². The van der Waals surface area contributed by atoms with Gasteiger partial charge < -0.3 is 35.9 Å². The second-order valence-corrected chi connectivity index (χ2v) is 28.8. The van der Waals surface area contributed by atoms with Gasteiger partial charge in [0.05, 0.1) is 103 Å². The molecule has 0 aliphatic carbocycles. The molecule has 0 aliphatic rings. The van der Waals surface area contributed by atoms with Crippen LogP contribution in [0.3, 0.4) is 0 Å². The van der Waals surface area contributed by atoms with E-state index < -0.39 is 0 Å². The molecule has 0 radical (unpaired) electrons. The van der Waals surface area contributed by atoms with E-state index in [-0.39, 0.29) is 0 Å². The molecule has 0 aliphatic heterocycles. The fraction of sp³-hybridized carbons (Fsp3) is 0. The Hall–Kier alpha value is -16.6. The van der Waals surface area contributed by atoms with Gasteiger partial charge in [0.25, 0.3) is 0 Å². The highest BCUT2D eigenvalue weighted by molar-refractivity contribution is 6.30. The molecule has 114 heavy (non-hydrogen) atoms. The van der Waals surface area contributed by atoms with E-state index in [9.17, 15) is 15.8 Å². The maximum absolute atomic E-state index is 11.0. The Morgan fingerprint density at radius 3 is 1.39 bits per heavy atom. The van der Waals surface area contributed by atoms with Gasteiger partial charge in [0.15, 0.2) is 0 Å². The van der Waals surface area contributed by atoms with Crippen molar-refractivity contribution in [3.8, 4) is 63.2 Å². The molecule has 0 N–H and O–H groups in total. The first kappa shape index (κ1) is 63.5. The highest BCUT2D eigenvalue weighted by atomic mass is 16.3. The fourth-order valence-corrected chi connectivity index (χ4v) is 18.3. The van der Waals surface area contributed by atoms with Crippen molar-refractivity contribution in [1.82, 2.24) is 18.3 Å². The molecule has 0 amide bonds. The van der Waals surface area contributed by atoms with Crippen molar-refractivity contribution in [2.75, 3.05) is 0 Å². The molecule has 0 spiro atoms. The number of nitrogens with zero attached hydrogens (tertiary/aromatic N) is 9. The largest absolute Gasteiger partial charge is 0.456 e. The lowest BCUT2D eigenvalue weighted by Gasteiger charge is -2.18. The van der Waals surface area contributed by atoms with Crippen LogP contribution in [0.15, 0.2) is 327 Å². The van der Waals surface area contributed by atoms with Crippen LogP contribution in [-0.2, 0) is 0 Å². The van der Waals surface area contributed by atoms with Crippen LogP contribution in [0.1, 0.15) is 16.7 Å². The molecule has 0 saturated carbocycles. The summed E-state index contributed by atoms with van der Waals surface area (Å²) in [4.78, 5) is 8.10. The summed E-state index contributed by atoms with van der Waals surface area (Å²) in [6, 6.07) is 111. The van der Waals surface area contributed by atoms with Gasteiger partial charge in [-0.3, -0.25) is 0 Å². The van der Waals surface area contributed by atoms with Gasteiger partial charge in [-0.05, 0) is 150 Å². The molecule has 0 fully saturated rings. The smallest absolute Gasteiger partial charge is 0.212 e. The molecule has 0 saturated heterocycles. The molecular weight excluding hydrogens is 1400 g/mol. The summed E-state index contributed by atoms with van der Waals surface area (Å²) in [5, 5.41) is 48.7. The topological polar surface area (TPSA) is 152 Å². The number of furan rings is 4. The minimum atomic E-state index is 0.306. The van der Waals surface area contributed by atoms with Crippen molar-refractivity contribution in [1.29, 1.82) is 15.8 Å². The zero-order chi connectivity index (χ0) is 75.7. The minimum Gasteiger partial charge on any atom is -0.456 e. The van der Waals surface area contributed by atoms with E-state index in [4.69, 9.17) is 30.8 Å². The maximum atomic E-state index is 11.0. The molecule has 13 nitrogen and oxygen atoms in total. The summed E-state index contributed by atoms with van der Waals surface area (Å²) in [5.74, 6) is 0. The lowest BCUT2D eigenvalue weighted by atomic mass is 9.95. The van der Waals surface area contributed by atoms with E-state index in [1.807, 2.05) is 182 Å². The molecular formula is C101H51N9O4. The van der Waals surface area contributed by atoms with Crippen molar-refractivity contribution < 1.29 is 17.7 Å². The van der Waals surface area contributed by atoms with Crippen molar-refractivity contribution in [3.63, 3.8) is 0 Å². The average molecular weight is 1450 g/mol. The number of hydrogen-bond donors (Lipinski definition) is 0. The number of aromatic nitrogens is 4. The normalized spacial score (nSPS) is 11.8. The number of rotatable bonds is 6. The van der Waals surface area contributed by atoms with Crippen LogP contribution in [0, 0.1) is 47.1 Å². The van der Waals surface area contributed by atoms with Gasteiger partial charge in [-0.1, -0.05) is 176 Å². The zero-order valence-electron chi connectivity index (χ0n) is 60.1. The zero-order valence-corrected chi connectivity index (χ0v) is 60.1. The van der Waals surface area contributed by atoms with E-state index in [1.165, 1.54) is 0 Å². The third kappa shape index (κ3) is 8.93. The minimum absolute atomic E-state index is 0.306. The van der Waals surface area contributed by atoms with Crippen LogP contribution in [0.4, 0.5) is 11.4 Å². The predicted octanol–water partition coefficient (Wildman–Crippen LogP) is 27.4. The highest BCUT2D eigenvalue weighted by Gasteiger charge is 2.29. The molecule has 8 heterocycles. The molecule has 24 aromatic rings. The standard InChI is InChI=1S/C51H25N5O2.C50H26N4O2/c1-54-40-23-29(27-52)22-39(51(40)56-41-14-6-2-10-33(41)37-26-48-38(25-44(37)56)34-11-4-8-16-45(34)58-48)32-19-18-31(24-30(32)28-53)55-42-15-7-3-12-35(42)49-43(55)20-21-47-50(49)36-13-5-9-17-46(36)57-47;1-52-37-16-10-15-31(49(37)54-40-18-7-2-12-34(40)46-41(54)25-26-45-48(46)36-14-5-9-20-44(36)55-45)29-21-23-38(30(27-29)28-51)53-39-17-6-3-13-35(39)47-42(53)24-22-33-32-11-4-8-19-43(32)56-50(33)47/h2-26H;2-27H. The second kappa shape index (κ2) is 24.2. The molecule has 0 bridgehead atoms. The lowest BCUT2D eigenvalue weighted by molar-refractivity contribution is 0.669. The monoisotopic (exact) mass is 1450 g/mol. The van der Waals surface area contributed by atoms with Gasteiger partial charge >= 0.3 is 0 Å². The number of benzene rings is 16. The van der Waals surface area contributed by atoms with Gasteiger partial charge in [-0.15, -0.1) is 0 Å². The molecule has 0 atom stereocenters. The molecule has 24 rings (SSSR count). The molecule has 0 unspecified atom stereocenters. The summed E-state index contributed by atoms with van der Waals surface area (Å²) >= 11 is 0. The van der Waals surface area contributed by atoms with Crippen LogP contribution in [0.25, 0.3) is 230 Å². The molecule has 524 valence electrons. The summed E-state index contributed by atoms with van der Waals surface area (Å²) in [5.41, 5.74) is 22.2. The van der Waals surface area contributed by atoms with Crippen molar-refractivity contribution in [2.45, 2.75) is 0 Å². The fourth-order valence-electron chi connectivity index (χ4n) is 18.3. The van der Waals surface area contributed by atoms with Crippen molar-refractivity contribution >= 4 is 186 Å². The van der Waals surface area contributed by atoms with Crippen LogP contribution >= 0.6 is 0 Å². The van der Waals surface area contributed by atoms with Gasteiger partial charge in [-0.2, -0.15) is 15.8 Å². The first-order chi connectivity index (χ1) is 56.3. The Kier molecular flexibility index (Phi) is 13.5. The number of fused-ring (bicyclic) bond motifs is 27. The van der Waals surface area contributed by atoms with E-state index >= 15 is 0 Å². The SMILES string of the molecule is [C-]#[N+]c1cc(C#N)cc(-c2ccc(-n3c4ccccc4c4c5c(ccc43)oc3ccccc35)cc2C#N)c1-n1c2ccccc2c2cc3oc4ccccc4c3cc21.[C-]#[N+]c1cccc(-c2ccc(-n3c4ccccc4c4c5oc6ccccc6c5ccc43)c(C#N)c2)c1-n1c2ccccc2c2c3c(ccc21)oc1ccccc13. The average Bonchev–Trinajstić information content (AvgIpc) is 1.57. The quantitative estimate of drug-likeness (QED) is 0.150. The third-order valence-electron chi connectivity index (χ3n) is 23.0. The summed E-state index contributed by atoms with van der Waals surface area (Å²) in [6.45, 7) is 16.8. The number of para-hydroxylation sites is 9. The van der Waals surface area contributed by atoms with E-state index in [0.29, 0.717) is 44.9 Å². The predicted molar refractivity (Wildman–Crippen MR) is 457 cm³/mol. The molecule has 8 aromatic heterocycles. The Morgan fingerprint density at radius 2 is 0.763 bits per heavy atom. The van der Waals surface area contributed by atoms with Crippen molar-refractivity contribution in [2.24, 2.45) is 0 Å². The summed E-state index contributed by atoms with van der Waals surface area (Å²) in [7, 11) is 0. The summed E-state index contributed by atoms with van der Waals surface area (Å²) < 4.78 is 34.1. The Morgan fingerprint density at radius 1 is 0.263 bits per heavy atom. The van der Waals surface area contributed by atoms with Gasteiger partial charge in [0, 0.05) is 97.6 Å². The maximum Gasteiger partial charge on any atom is 0.212 e. The van der Waals surface area contributed by atoms with Gasteiger partial charge in [0.2, 0.25) is 11.4 Å². The number of hydrogen-bond acceptors (Lipinski definition) is 7. The second-order valence-electron chi connectivity index (χ2n) is 28.8. The number of nitriles is 3. The highest BCUT2D eigenvalue weighted by Crippen LogP contribution is 2.50. The van der Waals surface area contributed by atoms with E-state index in [0.717, 1.165) is 203 Å². The van der Waals surface area contributed by atoms with Crippen molar-refractivity contribution in [3.05, 3.63) is 349 Å². The lowest BCUT2D eigenvalue weighted by Crippen LogP contribution is -2.01. The Balaban J connectivity index is 0.000000135. The van der Waals surface area contributed by atoms with Crippen LogP contribution < -0.4 is 0 Å². The molecule has 13 heteroatoms. The van der Waals surface area contributed by atoms with E-state index in [2.05, 4.69) is 161 Å². The van der Waals surface area contributed by atoms with Crippen LogP contribution in [-0.4, -0.2) is 18.3 Å². The van der Waals surface area contributed by atoms with Gasteiger partial charge in [-0.25, -0.2) is 9.69 Å². The Labute approximate surface area is 646 Å². The summed E-state index contributed by atoms with van der Waals surface area (Å²) in [6.07, 6.45) is 0. The van der Waals surface area contributed by atoms with Gasteiger partial charge in [0.1, 0.15) is 50.7 Å². The first-order valence-corrected chi connectivity index (χ1v) is 37.3. The first-order valence-electron chi connectivity index (χ1n) is 37.3. The van der Waals surface area contributed by atoms with Crippen LogP contribution in [0.2, 0.25) is 0 Å². The third-order valence-corrected chi connectivity index (χ3v) is 23.0.